The zero-order chi connectivity index (χ0) is 24.0. The van der Waals surface area contributed by atoms with Crippen molar-refractivity contribution in [2.24, 2.45) is 46.3 Å². The lowest BCUT2D eigenvalue weighted by atomic mass is 9.47. The van der Waals surface area contributed by atoms with Crippen LogP contribution in [0.1, 0.15) is 113 Å². The van der Waals surface area contributed by atoms with E-state index in [-0.39, 0.29) is 12.1 Å². The van der Waals surface area contributed by atoms with Gasteiger partial charge in [-0.2, -0.15) is 0 Å². The monoisotopic (exact) mass is 454 g/mol. The molecule has 33 heavy (non-hydrogen) atoms. The summed E-state index contributed by atoms with van der Waals surface area (Å²) < 4.78 is 5.63. The third-order valence-electron chi connectivity index (χ3n) is 11.2. The van der Waals surface area contributed by atoms with Gasteiger partial charge in [0.05, 0.1) is 0 Å². The first kappa shape index (κ1) is 25.1. The second-order valence-electron chi connectivity index (χ2n) is 13.0. The summed E-state index contributed by atoms with van der Waals surface area (Å²) in [5, 5.41) is 0. The standard InChI is InChI=1S/C31H50O2/c1-8-23(20(2)3)10-9-21(4)27-13-14-28-26-12-11-24-19-25(33-22(5)32)15-17-30(24,6)29(26)16-18-31(27,28)7/h8,11,20-21,25-29H,9-10,12-19H2,1-7H3/b23-8+/t21-,25+,26+,27-,28+,29+,30+,31-/m1/s1. The molecular weight excluding hydrogens is 404 g/mol. The zero-order valence-electron chi connectivity index (χ0n) is 22.6. The molecule has 0 radical (unpaired) electrons. The van der Waals surface area contributed by atoms with Gasteiger partial charge in [0.25, 0.3) is 0 Å². The van der Waals surface area contributed by atoms with Gasteiger partial charge in [0, 0.05) is 13.3 Å². The lowest BCUT2D eigenvalue weighted by molar-refractivity contribution is -0.148. The van der Waals surface area contributed by atoms with Gasteiger partial charge in [-0.05, 0) is 111 Å². The Hall–Kier alpha value is -1.05. The van der Waals surface area contributed by atoms with Gasteiger partial charge in [-0.25, -0.2) is 0 Å². The Labute approximate surface area is 204 Å². The van der Waals surface area contributed by atoms with Crippen molar-refractivity contribution < 1.29 is 9.53 Å². The first-order valence-corrected chi connectivity index (χ1v) is 14.1. The summed E-state index contributed by atoms with van der Waals surface area (Å²) in [6.07, 6.45) is 17.9. The number of rotatable bonds is 6. The predicted octanol–water partition coefficient (Wildman–Crippen LogP) is 8.52. The number of hydrogen-bond donors (Lipinski definition) is 0. The predicted molar refractivity (Wildman–Crippen MR) is 138 cm³/mol. The Morgan fingerprint density at radius 2 is 1.88 bits per heavy atom. The molecule has 0 spiro atoms. The van der Waals surface area contributed by atoms with Crippen LogP contribution in [0.2, 0.25) is 0 Å². The van der Waals surface area contributed by atoms with Gasteiger partial charge >= 0.3 is 5.97 Å². The highest BCUT2D eigenvalue weighted by Gasteiger charge is 2.59. The Kier molecular flexibility index (Phi) is 7.24. The Morgan fingerprint density at radius 1 is 1.12 bits per heavy atom. The molecule has 0 unspecified atom stereocenters. The maximum atomic E-state index is 11.5. The average molecular weight is 455 g/mol. The third-order valence-corrected chi connectivity index (χ3v) is 11.2. The number of hydrogen-bond acceptors (Lipinski definition) is 2. The van der Waals surface area contributed by atoms with E-state index in [1.165, 1.54) is 51.4 Å². The van der Waals surface area contributed by atoms with E-state index >= 15 is 0 Å². The van der Waals surface area contributed by atoms with Gasteiger partial charge in [0.1, 0.15) is 6.10 Å². The first-order chi connectivity index (χ1) is 15.6. The van der Waals surface area contributed by atoms with Crippen molar-refractivity contribution in [1.29, 1.82) is 0 Å². The van der Waals surface area contributed by atoms with Crippen molar-refractivity contribution in [2.75, 3.05) is 0 Å². The van der Waals surface area contributed by atoms with E-state index in [0.29, 0.717) is 16.7 Å². The molecule has 4 aliphatic rings. The van der Waals surface area contributed by atoms with E-state index in [9.17, 15) is 4.79 Å². The molecule has 0 bridgehead atoms. The van der Waals surface area contributed by atoms with Gasteiger partial charge in [0.2, 0.25) is 0 Å². The molecule has 0 N–H and O–H groups in total. The fourth-order valence-electron chi connectivity index (χ4n) is 9.30. The molecule has 8 atom stereocenters. The van der Waals surface area contributed by atoms with Crippen LogP contribution in [-0.2, 0) is 9.53 Å². The molecule has 0 aromatic heterocycles. The molecule has 4 rings (SSSR count). The largest absolute Gasteiger partial charge is 0.462 e. The van der Waals surface area contributed by atoms with Crippen LogP contribution >= 0.6 is 0 Å². The molecule has 186 valence electrons. The van der Waals surface area contributed by atoms with Gasteiger partial charge in [-0.15, -0.1) is 0 Å². The van der Waals surface area contributed by atoms with Gasteiger partial charge < -0.3 is 4.74 Å². The van der Waals surface area contributed by atoms with Gasteiger partial charge in [-0.1, -0.05) is 57.9 Å². The lowest BCUT2D eigenvalue weighted by Crippen LogP contribution is -2.51. The summed E-state index contributed by atoms with van der Waals surface area (Å²) in [6, 6.07) is 0. The number of carbonyl (C=O) groups excluding carboxylic acids is 1. The van der Waals surface area contributed by atoms with Crippen molar-refractivity contribution in [3.05, 3.63) is 23.3 Å². The maximum absolute atomic E-state index is 11.5. The highest BCUT2D eigenvalue weighted by atomic mass is 16.5. The highest BCUT2D eigenvalue weighted by Crippen LogP contribution is 2.67. The molecule has 2 nitrogen and oxygen atoms in total. The third kappa shape index (κ3) is 4.50. The van der Waals surface area contributed by atoms with Crippen molar-refractivity contribution in [2.45, 2.75) is 119 Å². The molecule has 0 saturated heterocycles. The van der Waals surface area contributed by atoms with E-state index in [4.69, 9.17) is 4.74 Å². The lowest BCUT2D eigenvalue weighted by Gasteiger charge is -2.58. The number of fused-ring (bicyclic) bond motifs is 5. The van der Waals surface area contributed by atoms with Crippen LogP contribution in [0.4, 0.5) is 0 Å². The summed E-state index contributed by atoms with van der Waals surface area (Å²) in [4.78, 5) is 11.5. The zero-order valence-corrected chi connectivity index (χ0v) is 22.6. The number of esters is 1. The SMILES string of the molecule is C/C=C(\CC[C@@H](C)[C@H]1CC[C@H]2[C@@H]3CC=C4C[C@@H](OC(C)=O)CC[C@]4(C)[C@H]3CC[C@]12C)C(C)C. The summed E-state index contributed by atoms with van der Waals surface area (Å²) in [5.74, 6) is 4.88. The molecule has 2 heteroatoms. The van der Waals surface area contributed by atoms with Crippen LogP contribution in [-0.4, -0.2) is 12.1 Å². The number of carbonyl (C=O) groups is 1. The molecule has 0 heterocycles. The minimum absolute atomic E-state index is 0.108. The molecule has 0 amide bonds. The van der Waals surface area contributed by atoms with Crippen LogP contribution < -0.4 is 0 Å². The van der Waals surface area contributed by atoms with Crippen molar-refractivity contribution >= 4 is 5.97 Å². The quantitative estimate of drug-likeness (QED) is 0.297. The van der Waals surface area contributed by atoms with Gasteiger partial charge in [0.15, 0.2) is 0 Å². The van der Waals surface area contributed by atoms with Crippen LogP contribution in [0.15, 0.2) is 23.3 Å². The van der Waals surface area contributed by atoms with E-state index < -0.39 is 0 Å². The maximum Gasteiger partial charge on any atom is 0.302 e. The van der Waals surface area contributed by atoms with Crippen LogP contribution in [0.25, 0.3) is 0 Å². The molecular formula is C31H50O2. The fraction of sp³-hybridized carbons (Fsp3) is 0.839. The second-order valence-corrected chi connectivity index (χ2v) is 13.0. The topological polar surface area (TPSA) is 26.3 Å². The molecule has 0 aliphatic heterocycles. The Balaban J connectivity index is 1.47. The minimum Gasteiger partial charge on any atom is -0.462 e. The van der Waals surface area contributed by atoms with E-state index in [1.807, 2.05) is 0 Å². The molecule has 3 fully saturated rings. The van der Waals surface area contributed by atoms with Crippen molar-refractivity contribution in [3.8, 4) is 0 Å². The summed E-state index contributed by atoms with van der Waals surface area (Å²) in [6.45, 7) is 16.3. The Morgan fingerprint density at radius 3 is 2.55 bits per heavy atom. The molecule has 3 saturated carbocycles. The smallest absolute Gasteiger partial charge is 0.302 e. The second kappa shape index (κ2) is 9.54. The fourth-order valence-corrected chi connectivity index (χ4v) is 9.30. The average Bonchev–Trinajstić information content (AvgIpc) is 3.11. The Bertz CT molecular complexity index is 791. The van der Waals surface area contributed by atoms with Crippen LogP contribution in [0.3, 0.4) is 0 Å². The minimum atomic E-state index is -0.118. The normalized spacial score (nSPS) is 41.6. The summed E-state index contributed by atoms with van der Waals surface area (Å²) in [5.41, 5.74) is 4.13. The molecule has 4 aliphatic carbocycles. The number of ether oxygens (including phenoxy) is 1. The van der Waals surface area contributed by atoms with E-state index in [1.54, 1.807) is 18.1 Å². The number of allylic oxidation sites excluding steroid dienone is 3. The molecule has 0 aromatic rings. The van der Waals surface area contributed by atoms with Crippen molar-refractivity contribution in [3.63, 3.8) is 0 Å². The van der Waals surface area contributed by atoms with Crippen LogP contribution in [0, 0.1) is 46.3 Å². The van der Waals surface area contributed by atoms with Crippen molar-refractivity contribution in [1.82, 2.24) is 0 Å². The highest BCUT2D eigenvalue weighted by molar-refractivity contribution is 5.66. The van der Waals surface area contributed by atoms with E-state index in [2.05, 4.69) is 53.7 Å². The van der Waals surface area contributed by atoms with Gasteiger partial charge in [-0.3, -0.25) is 4.79 Å². The molecule has 0 aromatic carbocycles. The van der Waals surface area contributed by atoms with E-state index in [0.717, 1.165) is 42.4 Å². The summed E-state index contributed by atoms with van der Waals surface area (Å²) >= 11 is 0. The van der Waals surface area contributed by atoms with Crippen LogP contribution in [0.5, 0.6) is 0 Å². The summed E-state index contributed by atoms with van der Waals surface area (Å²) in [7, 11) is 0. The first-order valence-electron chi connectivity index (χ1n) is 14.1.